The second-order valence-corrected chi connectivity index (χ2v) is 10.4. The van der Waals surface area contributed by atoms with Gasteiger partial charge in [0.05, 0.1) is 6.04 Å². The molecule has 1 heterocycles. The third kappa shape index (κ3) is 5.82. The van der Waals surface area contributed by atoms with Gasteiger partial charge >= 0.3 is 12.1 Å². The van der Waals surface area contributed by atoms with Crippen molar-refractivity contribution in [1.82, 2.24) is 9.80 Å². The Balaban J connectivity index is 2.30. The number of rotatable bonds is 3. The fourth-order valence-corrected chi connectivity index (χ4v) is 4.09. The van der Waals surface area contributed by atoms with Crippen molar-refractivity contribution >= 4 is 18.0 Å². The normalized spacial score (nSPS) is 25.1. The monoisotopic (exact) mass is 432 g/mol. The van der Waals surface area contributed by atoms with Crippen LogP contribution >= 0.6 is 0 Å². The first-order valence-electron chi connectivity index (χ1n) is 10.4. The van der Waals surface area contributed by atoms with Crippen molar-refractivity contribution in [1.29, 1.82) is 0 Å². The van der Waals surface area contributed by atoms with Crippen LogP contribution in [-0.2, 0) is 14.3 Å². The quantitative estimate of drug-likeness (QED) is 0.731. The highest BCUT2D eigenvalue weighted by atomic mass is 19.3. The minimum atomic E-state index is -2.74. The molecule has 0 aromatic heterocycles. The van der Waals surface area contributed by atoms with Crippen LogP contribution in [0.25, 0.3) is 0 Å². The van der Waals surface area contributed by atoms with Crippen LogP contribution in [0.2, 0.25) is 0 Å². The average molecular weight is 433 g/mol. The summed E-state index contributed by atoms with van der Waals surface area (Å²) in [5.41, 5.74) is -1.56. The number of ether oxygens (including phenoxy) is 1. The number of halogens is 2. The van der Waals surface area contributed by atoms with Crippen molar-refractivity contribution in [2.75, 3.05) is 6.54 Å². The summed E-state index contributed by atoms with van der Waals surface area (Å²) in [6.45, 7) is 10.3. The number of carboxylic acids is 1. The van der Waals surface area contributed by atoms with Crippen molar-refractivity contribution in [3.05, 3.63) is 0 Å². The van der Waals surface area contributed by atoms with E-state index in [1.165, 1.54) is 0 Å². The van der Waals surface area contributed by atoms with E-state index in [1.807, 2.05) is 0 Å². The molecule has 30 heavy (non-hydrogen) atoms. The Bertz CT molecular complexity index is 674. The molecule has 1 N–H and O–H groups in total. The molecule has 1 aliphatic carbocycles. The number of aliphatic carboxylic acids is 1. The molecule has 2 rings (SSSR count). The third-order valence-corrected chi connectivity index (χ3v) is 5.54. The maximum Gasteiger partial charge on any atom is 0.411 e. The lowest BCUT2D eigenvalue weighted by Crippen LogP contribution is -2.54. The maximum absolute atomic E-state index is 13.7. The minimum absolute atomic E-state index is 0.000588. The summed E-state index contributed by atoms with van der Waals surface area (Å²) >= 11 is 0. The molecule has 9 heteroatoms. The zero-order chi connectivity index (χ0) is 23.1. The lowest BCUT2D eigenvalue weighted by atomic mass is 9.86. The second-order valence-electron chi connectivity index (χ2n) is 10.4. The van der Waals surface area contributed by atoms with Gasteiger partial charge in [-0.2, -0.15) is 0 Å². The molecular formula is C21H34F2N2O5. The van der Waals surface area contributed by atoms with Gasteiger partial charge in [-0.05, 0) is 33.6 Å². The van der Waals surface area contributed by atoms with Crippen LogP contribution in [0.5, 0.6) is 0 Å². The number of hydrogen-bond acceptors (Lipinski definition) is 4. The van der Waals surface area contributed by atoms with Crippen molar-refractivity contribution < 1.29 is 33.0 Å². The first kappa shape index (κ1) is 24.3. The molecule has 0 radical (unpaired) electrons. The van der Waals surface area contributed by atoms with Gasteiger partial charge in [0.15, 0.2) is 0 Å². The van der Waals surface area contributed by atoms with Gasteiger partial charge in [-0.15, -0.1) is 0 Å². The average Bonchev–Trinajstić information content (AvgIpc) is 2.99. The fraction of sp³-hybridized carbons (Fsp3) is 0.857. The highest BCUT2D eigenvalue weighted by molar-refractivity contribution is 5.84. The number of carboxylic acid groups (broad SMARTS) is 1. The fourth-order valence-electron chi connectivity index (χ4n) is 4.09. The van der Waals surface area contributed by atoms with Gasteiger partial charge in [-0.25, -0.2) is 18.4 Å². The first-order chi connectivity index (χ1) is 13.5. The molecule has 7 nitrogen and oxygen atoms in total. The SMILES string of the molecule is CC(C)(C)OC(=O)N1CC(N(C(=O)C(C)(C)C)C2CCC(F)(F)CC2)C[C@H]1C(=O)O. The molecular weight excluding hydrogens is 398 g/mol. The molecule has 1 aliphatic heterocycles. The largest absolute Gasteiger partial charge is 0.480 e. The number of alkyl halides is 2. The van der Waals surface area contributed by atoms with Crippen LogP contribution in [0.4, 0.5) is 13.6 Å². The molecule has 2 fully saturated rings. The Kier molecular flexibility index (Phi) is 6.74. The predicted molar refractivity (Wildman–Crippen MR) is 106 cm³/mol. The first-order valence-corrected chi connectivity index (χ1v) is 10.4. The highest BCUT2D eigenvalue weighted by Crippen LogP contribution is 2.39. The Morgan fingerprint density at radius 3 is 2.00 bits per heavy atom. The van der Waals surface area contributed by atoms with E-state index in [0.717, 1.165) is 4.90 Å². The van der Waals surface area contributed by atoms with E-state index in [2.05, 4.69) is 0 Å². The van der Waals surface area contributed by atoms with Gasteiger partial charge in [-0.1, -0.05) is 20.8 Å². The van der Waals surface area contributed by atoms with E-state index in [4.69, 9.17) is 4.74 Å². The Hall–Kier alpha value is -1.93. The van der Waals surface area contributed by atoms with Crippen molar-refractivity contribution in [3.63, 3.8) is 0 Å². The lowest BCUT2D eigenvalue weighted by Gasteiger charge is -2.43. The van der Waals surface area contributed by atoms with Crippen molar-refractivity contribution in [3.8, 4) is 0 Å². The molecule has 1 saturated heterocycles. The Labute approximate surface area is 176 Å². The maximum atomic E-state index is 13.7. The predicted octanol–water partition coefficient (Wildman–Crippen LogP) is 3.90. The number of likely N-dealkylation sites (tertiary alicyclic amines) is 1. The Morgan fingerprint density at radius 1 is 1.03 bits per heavy atom. The second kappa shape index (κ2) is 8.30. The molecule has 0 bridgehead atoms. The summed E-state index contributed by atoms with van der Waals surface area (Å²) in [7, 11) is 0. The molecule has 2 aliphatic rings. The number of amides is 2. The van der Waals surface area contributed by atoms with Gasteiger partial charge in [0, 0.05) is 37.3 Å². The molecule has 0 aromatic rings. The van der Waals surface area contributed by atoms with E-state index in [0.29, 0.717) is 0 Å². The topological polar surface area (TPSA) is 87.2 Å². The molecule has 0 spiro atoms. The number of hydrogen-bond donors (Lipinski definition) is 1. The van der Waals surface area contributed by atoms with Crippen LogP contribution < -0.4 is 0 Å². The van der Waals surface area contributed by atoms with E-state index in [1.54, 1.807) is 46.4 Å². The highest BCUT2D eigenvalue weighted by Gasteiger charge is 2.49. The summed E-state index contributed by atoms with van der Waals surface area (Å²) in [5, 5.41) is 9.66. The van der Waals surface area contributed by atoms with Crippen LogP contribution in [-0.4, -0.2) is 69.1 Å². The minimum Gasteiger partial charge on any atom is -0.480 e. The lowest BCUT2D eigenvalue weighted by molar-refractivity contribution is -0.148. The van der Waals surface area contributed by atoms with Crippen LogP contribution in [0, 0.1) is 5.41 Å². The summed E-state index contributed by atoms with van der Waals surface area (Å²) in [6.07, 6.45) is -1.03. The molecule has 172 valence electrons. The van der Waals surface area contributed by atoms with Crippen LogP contribution in [0.1, 0.15) is 73.6 Å². The van der Waals surface area contributed by atoms with Crippen LogP contribution in [0.3, 0.4) is 0 Å². The third-order valence-electron chi connectivity index (χ3n) is 5.54. The summed E-state index contributed by atoms with van der Waals surface area (Å²) < 4.78 is 32.7. The van der Waals surface area contributed by atoms with Crippen LogP contribution in [0.15, 0.2) is 0 Å². The molecule has 2 amide bonds. The van der Waals surface area contributed by atoms with E-state index in [-0.39, 0.29) is 44.6 Å². The van der Waals surface area contributed by atoms with Gasteiger partial charge < -0.3 is 14.7 Å². The summed E-state index contributed by atoms with van der Waals surface area (Å²) in [5.74, 6) is -4.14. The van der Waals surface area contributed by atoms with Gasteiger partial charge in [0.1, 0.15) is 11.6 Å². The van der Waals surface area contributed by atoms with E-state index >= 15 is 0 Å². The van der Waals surface area contributed by atoms with Crippen molar-refractivity contribution in [2.24, 2.45) is 5.41 Å². The zero-order valence-corrected chi connectivity index (χ0v) is 18.7. The summed E-state index contributed by atoms with van der Waals surface area (Å²) in [6, 6.07) is -2.11. The molecule has 1 saturated carbocycles. The number of carbonyl (C=O) groups is 3. The Morgan fingerprint density at radius 2 is 1.57 bits per heavy atom. The van der Waals surface area contributed by atoms with Crippen molar-refractivity contribution in [2.45, 2.75) is 103 Å². The van der Waals surface area contributed by atoms with E-state index in [9.17, 15) is 28.3 Å². The summed E-state index contributed by atoms with van der Waals surface area (Å²) in [4.78, 5) is 40.4. The molecule has 2 atom stereocenters. The van der Waals surface area contributed by atoms with Gasteiger partial charge in [0.2, 0.25) is 11.8 Å². The van der Waals surface area contributed by atoms with Gasteiger partial charge in [0.25, 0.3) is 0 Å². The van der Waals surface area contributed by atoms with E-state index < -0.39 is 47.1 Å². The smallest absolute Gasteiger partial charge is 0.411 e. The number of carbonyl (C=O) groups excluding carboxylic acids is 2. The molecule has 0 aromatic carbocycles. The standard InChI is InChI=1S/C21H34F2N2O5/c1-19(2,3)17(28)25(13-7-9-21(22,23)10-8-13)14-11-15(16(26)27)24(12-14)18(29)30-20(4,5)6/h13-15H,7-12H2,1-6H3,(H,26,27)/t14?,15-/m0/s1. The van der Waals surface area contributed by atoms with Gasteiger partial charge in [-0.3, -0.25) is 9.69 Å². The number of nitrogens with zero attached hydrogens (tertiary/aromatic N) is 2. The zero-order valence-electron chi connectivity index (χ0n) is 18.7. The molecule has 1 unspecified atom stereocenters.